The van der Waals surface area contributed by atoms with Gasteiger partial charge in [0.15, 0.2) is 0 Å². The van der Waals surface area contributed by atoms with Crippen molar-refractivity contribution in [3.63, 3.8) is 0 Å². The molecule has 1 heterocycles. The monoisotopic (exact) mass is 374 g/mol. The van der Waals surface area contributed by atoms with Gasteiger partial charge in [-0.05, 0) is 55.5 Å². The maximum absolute atomic E-state index is 11.9. The van der Waals surface area contributed by atoms with Crippen LogP contribution in [0.15, 0.2) is 28.7 Å². The Labute approximate surface area is 141 Å². The largest absolute Gasteiger partial charge is 0.356 e. The van der Waals surface area contributed by atoms with Crippen LogP contribution in [-0.4, -0.2) is 25.5 Å². The first kappa shape index (κ1) is 18.5. The molecule has 0 aliphatic carbocycles. The lowest BCUT2D eigenvalue weighted by Gasteiger charge is -2.34. The molecule has 0 bridgehead atoms. The van der Waals surface area contributed by atoms with E-state index in [4.69, 9.17) is 0 Å². The van der Waals surface area contributed by atoms with Gasteiger partial charge in [-0.2, -0.15) is 0 Å². The molecule has 1 aromatic rings. The Hall–Kier alpha value is -0.580. The van der Waals surface area contributed by atoms with Gasteiger partial charge in [0, 0.05) is 17.4 Å². The molecule has 21 heavy (non-hydrogen) atoms. The summed E-state index contributed by atoms with van der Waals surface area (Å²) < 4.78 is 1.07. The minimum atomic E-state index is 0. The third kappa shape index (κ3) is 6.37. The highest BCUT2D eigenvalue weighted by molar-refractivity contribution is 9.10. The van der Waals surface area contributed by atoms with E-state index >= 15 is 0 Å². The predicted molar refractivity (Wildman–Crippen MR) is 92.9 cm³/mol. The number of piperidine rings is 1. The molecule has 3 nitrogen and oxygen atoms in total. The topological polar surface area (TPSA) is 41.1 Å². The molecule has 1 aromatic carbocycles. The van der Waals surface area contributed by atoms with Crippen molar-refractivity contribution in [2.45, 2.75) is 32.6 Å². The average molecular weight is 376 g/mol. The van der Waals surface area contributed by atoms with Gasteiger partial charge in [-0.1, -0.05) is 35.0 Å². The molecule has 1 saturated heterocycles. The van der Waals surface area contributed by atoms with Gasteiger partial charge in [0.1, 0.15) is 0 Å². The number of hydrogen-bond donors (Lipinski definition) is 2. The van der Waals surface area contributed by atoms with Gasteiger partial charge in [0.05, 0.1) is 0 Å². The minimum absolute atomic E-state index is 0. The SMILES string of the molecule is CC1(CNC(=O)CCc2cccc(Br)c2)CCNCC1.Cl. The third-order valence-corrected chi connectivity index (χ3v) is 4.55. The van der Waals surface area contributed by atoms with E-state index in [1.54, 1.807) is 0 Å². The molecule has 0 radical (unpaired) electrons. The lowest BCUT2D eigenvalue weighted by Crippen LogP contribution is -2.42. The molecule has 0 spiro atoms. The molecular formula is C16H24BrClN2O. The number of rotatable bonds is 5. The Morgan fingerprint density at radius 2 is 2.10 bits per heavy atom. The summed E-state index contributed by atoms with van der Waals surface area (Å²) in [6.07, 6.45) is 3.63. The Bertz CT molecular complexity index is 461. The normalized spacial score (nSPS) is 16.9. The lowest BCUT2D eigenvalue weighted by molar-refractivity contribution is -0.121. The second-order valence-electron chi connectivity index (χ2n) is 5.97. The highest BCUT2D eigenvalue weighted by Crippen LogP contribution is 2.26. The number of hydrogen-bond acceptors (Lipinski definition) is 2. The van der Waals surface area contributed by atoms with Gasteiger partial charge in [0.2, 0.25) is 5.91 Å². The Balaban J connectivity index is 0.00000220. The van der Waals surface area contributed by atoms with E-state index < -0.39 is 0 Å². The molecular weight excluding hydrogens is 352 g/mol. The van der Waals surface area contributed by atoms with Crippen LogP contribution in [0.1, 0.15) is 31.7 Å². The molecule has 1 amide bonds. The Morgan fingerprint density at radius 3 is 2.76 bits per heavy atom. The van der Waals surface area contributed by atoms with Crippen LogP contribution in [0.5, 0.6) is 0 Å². The van der Waals surface area contributed by atoms with Gasteiger partial charge < -0.3 is 10.6 Å². The summed E-state index contributed by atoms with van der Waals surface area (Å²) in [5.74, 6) is 0.157. The van der Waals surface area contributed by atoms with Crippen LogP contribution in [0.3, 0.4) is 0 Å². The highest BCUT2D eigenvalue weighted by Gasteiger charge is 2.26. The summed E-state index contributed by atoms with van der Waals surface area (Å²) >= 11 is 3.45. The van der Waals surface area contributed by atoms with Crippen LogP contribution >= 0.6 is 28.3 Å². The quantitative estimate of drug-likeness (QED) is 0.829. The lowest BCUT2D eigenvalue weighted by atomic mass is 9.81. The standard InChI is InChI=1S/C16H23BrN2O.ClH/c1-16(7-9-18-10-8-16)12-19-15(20)6-5-13-3-2-4-14(17)11-13;/h2-4,11,18H,5-10,12H2,1H3,(H,19,20);1H. The molecule has 2 N–H and O–H groups in total. The first-order valence-corrected chi connectivity index (χ1v) is 8.09. The van der Waals surface area contributed by atoms with Crippen LogP contribution < -0.4 is 10.6 Å². The number of carbonyl (C=O) groups is 1. The summed E-state index contributed by atoms with van der Waals surface area (Å²) in [5.41, 5.74) is 1.46. The van der Waals surface area contributed by atoms with Crippen LogP contribution in [0.25, 0.3) is 0 Å². The zero-order valence-corrected chi connectivity index (χ0v) is 14.9. The smallest absolute Gasteiger partial charge is 0.220 e. The number of benzene rings is 1. The van der Waals surface area contributed by atoms with Crippen molar-refractivity contribution in [3.8, 4) is 0 Å². The fourth-order valence-corrected chi connectivity index (χ4v) is 3.00. The summed E-state index contributed by atoms with van der Waals surface area (Å²) in [7, 11) is 0. The third-order valence-electron chi connectivity index (χ3n) is 4.05. The summed E-state index contributed by atoms with van der Waals surface area (Å²) in [6, 6.07) is 8.14. The van der Waals surface area contributed by atoms with E-state index in [1.807, 2.05) is 12.1 Å². The average Bonchev–Trinajstić information content (AvgIpc) is 2.44. The molecule has 5 heteroatoms. The number of nitrogens with one attached hydrogen (secondary N) is 2. The Kier molecular flexibility index (Phi) is 7.71. The van der Waals surface area contributed by atoms with Crippen molar-refractivity contribution in [1.82, 2.24) is 10.6 Å². The summed E-state index contributed by atoms with van der Waals surface area (Å²) in [5, 5.41) is 6.46. The maximum atomic E-state index is 11.9. The Morgan fingerprint density at radius 1 is 1.38 bits per heavy atom. The molecule has 1 aliphatic rings. The van der Waals surface area contributed by atoms with Crippen LogP contribution in [0.2, 0.25) is 0 Å². The minimum Gasteiger partial charge on any atom is -0.356 e. The molecule has 0 aromatic heterocycles. The number of amides is 1. The summed E-state index contributed by atoms with van der Waals surface area (Å²) in [6.45, 7) is 5.18. The van der Waals surface area contributed by atoms with E-state index in [1.165, 1.54) is 5.56 Å². The molecule has 0 atom stereocenters. The zero-order chi connectivity index (χ0) is 14.4. The fraction of sp³-hybridized carbons (Fsp3) is 0.562. The predicted octanol–water partition coefficient (Wildman–Crippen LogP) is 3.31. The van der Waals surface area contributed by atoms with E-state index in [-0.39, 0.29) is 23.7 Å². The highest BCUT2D eigenvalue weighted by atomic mass is 79.9. The first-order valence-electron chi connectivity index (χ1n) is 7.29. The van der Waals surface area contributed by atoms with Crippen molar-refractivity contribution < 1.29 is 4.79 Å². The first-order chi connectivity index (χ1) is 9.57. The maximum Gasteiger partial charge on any atom is 0.220 e. The number of aryl methyl sites for hydroxylation is 1. The molecule has 118 valence electrons. The van der Waals surface area contributed by atoms with Crippen LogP contribution in [-0.2, 0) is 11.2 Å². The van der Waals surface area contributed by atoms with Gasteiger partial charge >= 0.3 is 0 Å². The van der Waals surface area contributed by atoms with E-state index in [9.17, 15) is 4.79 Å². The van der Waals surface area contributed by atoms with Crippen molar-refractivity contribution in [3.05, 3.63) is 34.3 Å². The molecule has 2 rings (SSSR count). The van der Waals surface area contributed by atoms with E-state index in [0.29, 0.717) is 6.42 Å². The second-order valence-corrected chi connectivity index (χ2v) is 6.88. The molecule has 0 saturated carbocycles. The van der Waals surface area contributed by atoms with Crippen molar-refractivity contribution in [2.24, 2.45) is 5.41 Å². The van der Waals surface area contributed by atoms with Crippen LogP contribution in [0, 0.1) is 5.41 Å². The van der Waals surface area contributed by atoms with Crippen molar-refractivity contribution in [2.75, 3.05) is 19.6 Å². The zero-order valence-electron chi connectivity index (χ0n) is 12.5. The fourth-order valence-electron chi connectivity index (χ4n) is 2.56. The summed E-state index contributed by atoms with van der Waals surface area (Å²) in [4.78, 5) is 11.9. The molecule has 1 aliphatic heterocycles. The molecule has 0 unspecified atom stereocenters. The van der Waals surface area contributed by atoms with Crippen LogP contribution in [0.4, 0.5) is 0 Å². The molecule has 1 fully saturated rings. The van der Waals surface area contributed by atoms with E-state index in [0.717, 1.165) is 43.4 Å². The van der Waals surface area contributed by atoms with E-state index in [2.05, 4.69) is 45.6 Å². The van der Waals surface area contributed by atoms with Gasteiger partial charge in [0.25, 0.3) is 0 Å². The van der Waals surface area contributed by atoms with Gasteiger partial charge in [-0.15, -0.1) is 12.4 Å². The van der Waals surface area contributed by atoms with Crippen molar-refractivity contribution in [1.29, 1.82) is 0 Å². The van der Waals surface area contributed by atoms with Gasteiger partial charge in [-0.3, -0.25) is 4.79 Å². The van der Waals surface area contributed by atoms with Crippen molar-refractivity contribution >= 4 is 34.2 Å². The number of carbonyl (C=O) groups excluding carboxylic acids is 1. The number of halogens is 2. The second kappa shape index (κ2) is 8.76. The van der Waals surface area contributed by atoms with Gasteiger partial charge in [-0.25, -0.2) is 0 Å².